The van der Waals surface area contributed by atoms with Gasteiger partial charge in [-0.15, -0.1) is 0 Å². The summed E-state index contributed by atoms with van der Waals surface area (Å²) in [6, 6.07) is 8.89. The van der Waals surface area contributed by atoms with Gasteiger partial charge in [0.15, 0.2) is 5.60 Å². The number of halogens is 3. The predicted octanol–water partition coefficient (Wildman–Crippen LogP) is 2.81. The largest absolute Gasteiger partial charge is 0.419 e. The Bertz CT molecular complexity index is 630. The highest BCUT2D eigenvalue weighted by Gasteiger charge is 2.57. The second-order valence-corrected chi connectivity index (χ2v) is 5.11. The van der Waals surface area contributed by atoms with Crippen LogP contribution in [-0.4, -0.2) is 27.9 Å². The Kier molecular flexibility index (Phi) is 4.20. The summed E-state index contributed by atoms with van der Waals surface area (Å²) < 4.78 is 39.6. The third-order valence-corrected chi connectivity index (χ3v) is 3.65. The number of fused-ring (bicyclic) bond motifs is 1. The van der Waals surface area contributed by atoms with E-state index in [-0.39, 0.29) is 12.1 Å². The van der Waals surface area contributed by atoms with Gasteiger partial charge < -0.3 is 10.8 Å². The van der Waals surface area contributed by atoms with Gasteiger partial charge in [0.1, 0.15) is 0 Å². The third-order valence-electron chi connectivity index (χ3n) is 3.65. The lowest BCUT2D eigenvalue weighted by molar-refractivity contribution is -0.267. The highest BCUT2D eigenvalue weighted by atomic mass is 19.4. The molecule has 3 nitrogen and oxygen atoms in total. The number of hydrogen-bond acceptors (Lipinski definition) is 3. The molecule has 0 saturated heterocycles. The molecule has 2 aromatic rings. The number of benzene rings is 1. The van der Waals surface area contributed by atoms with E-state index < -0.39 is 24.2 Å². The van der Waals surface area contributed by atoms with Crippen LogP contribution in [0, 0.1) is 0 Å². The van der Waals surface area contributed by atoms with Crippen molar-refractivity contribution < 1.29 is 18.3 Å². The molecule has 1 aromatic carbocycles. The molecule has 21 heavy (non-hydrogen) atoms. The molecule has 0 aliphatic carbocycles. The van der Waals surface area contributed by atoms with E-state index in [0.717, 1.165) is 5.39 Å². The van der Waals surface area contributed by atoms with Crippen LogP contribution < -0.4 is 5.73 Å². The van der Waals surface area contributed by atoms with Crippen LogP contribution in [0.2, 0.25) is 0 Å². The highest BCUT2D eigenvalue weighted by Crippen LogP contribution is 2.36. The minimum atomic E-state index is -4.81. The van der Waals surface area contributed by atoms with Crippen LogP contribution in [0.4, 0.5) is 13.2 Å². The first-order chi connectivity index (χ1) is 9.78. The van der Waals surface area contributed by atoms with Gasteiger partial charge in [-0.1, -0.05) is 31.2 Å². The number of rotatable bonds is 4. The first kappa shape index (κ1) is 15.7. The smallest absolute Gasteiger partial charge is 0.379 e. The molecule has 2 atom stereocenters. The highest BCUT2D eigenvalue weighted by molar-refractivity contribution is 5.78. The van der Waals surface area contributed by atoms with Gasteiger partial charge >= 0.3 is 6.18 Å². The summed E-state index contributed by atoms with van der Waals surface area (Å²) in [7, 11) is 0. The maximum atomic E-state index is 13.2. The van der Waals surface area contributed by atoms with E-state index in [1.165, 1.54) is 13.0 Å². The Hall–Kier alpha value is -1.66. The molecule has 0 aliphatic heterocycles. The fourth-order valence-electron chi connectivity index (χ4n) is 2.26. The van der Waals surface area contributed by atoms with Crippen molar-refractivity contribution in [2.24, 2.45) is 5.73 Å². The van der Waals surface area contributed by atoms with Crippen LogP contribution in [0.3, 0.4) is 0 Å². The summed E-state index contributed by atoms with van der Waals surface area (Å²) in [5.41, 5.74) is 3.28. The van der Waals surface area contributed by atoms with Gasteiger partial charge in [-0.25, -0.2) is 0 Å². The number of aromatic nitrogens is 1. The maximum Gasteiger partial charge on any atom is 0.419 e. The lowest BCUT2D eigenvalue weighted by atomic mass is 9.87. The zero-order valence-electron chi connectivity index (χ0n) is 11.6. The van der Waals surface area contributed by atoms with Gasteiger partial charge in [-0.3, -0.25) is 4.98 Å². The van der Waals surface area contributed by atoms with Crippen molar-refractivity contribution >= 4 is 10.9 Å². The van der Waals surface area contributed by atoms with E-state index >= 15 is 0 Å². The van der Waals surface area contributed by atoms with Crippen LogP contribution in [0.5, 0.6) is 0 Å². The van der Waals surface area contributed by atoms with Crippen LogP contribution in [-0.2, 0) is 6.42 Å². The fourth-order valence-corrected chi connectivity index (χ4v) is 2.26. The average Bonchev–Trinajstić information content (AvgIpc) is 2.45. The van der Waals surface area contributed by atoms with Gasteiger partial charge in [0.05, 0.1) is 5.52 Å². The van der Waals surface area contributed by atoms with Gasteiger partial charge in [0.25, 0.3) is 0 Å². The molecule has 2 unspecified atom stereocenters. The zero-order valence-corrected chi connectivity index (χ0v) is 11.6. The maximum absolute atomic E-state index is 13.2. The molecule has 0 radical (unpaired) electrons. The summed E-state index contributed by atoms with van der Waals surface area (Å²) in [4.78, 5) is 4.17. The average molecular weight is 298 g/mol. The normalized spacial score (nSPS) is 16.7. The SMILES string of the molecule is CCC(N)C(O)(Cc1ccc2ccccc2n1)C(F)(F)F. The van der Waals surface area contributed by atoms with Crippen molar-refractivity contribution in [2.45, 2.75) is 37.6 Å². The summed E-state index contributed by atoms with van der Waals surface area (Å²) in [5.74, 6) is 0. The molecule has 0 aliphatic rings. The standard InChI is InChI=1S/C15H17F3N2O/c1-2-13(19)14(21,15(16,17)18)9-11-8-7-10-5-3-4-6-12(10)20-11/h3-8,13,21H,2,9,19H2,1H3. The second kappa shape index (κ2) is 5.61. The lowest BCUT2D eigenvalue weighted by Crippen LogP contribution is -2.59. The van der Waals surface area contributed by atoms with E-state index in [0.29, 0.717) is 5.52 Å². The summed E-state index contributed by atoms with van der Waals surface area (Å²) >= 11 is 0. The quantitative estimate of drug-likeness (QED) is 0.912. The van der Waals surface area contributed by atoms with Gasteiger partial charge in [-0.05, 0) is 18.6 Å². The molecule has 0 fully saturated rings. The van der Waals surface area contributed by atoms with E-state index in [1.807, 2.05) is 12.1 Å². The number of hydrogen-bond donors (Lipinski definition) is 2. The number of alkyl halides is 3. The van der Waals surface area contributed by atoms with E-state index in [1.54, 1.807) is 18.2 Å². The van der Waals surface area contributed by atoms with Gasteiger partial charge in [0.2, 0.25) is 0 Å². The lowest BCUT2D eigenvalue weighted by Gasteiger charge is -2.35. The van der Waals surface area contributed by atoms with Crippen LogP contribution in [0.1, 0.15) is 19.0 Å². The molecule has 3 N–H and O–H groups in total. The minimum Gasteiger partial charge on any atom is -0.379 e. The number of pyridine rings is 1. The van der Waals surface area contributed by atoms with Crippen molar-refractivity contribution in [3.8, 4) is 0 Å². The Morgan fingerprint density at radius 1 is 1.19 bits per heavy atom. The van der Waals surface area contributed by atoms with Crippen molar-refractivity contribution in [3.05, 3.63) is 42.1 Å². The topological polar surface area (TPSA) is 59.1 Å². The van der Waals surface area contributed by atoms with Crippen molar-refractivity contribution in [3.63, 3.8) is 0 Å². The van der Waals surface area contributed by atoms with Gasteiger partial charge in [-0.2, -0.15) is 13.2 Å². The molecule has 2 rings (SSSR count). The minimum absolute atomic E-state index is 0.0175. The molecule has 1 aromatic heterocycles. The Balaban J connectivity index is 2.39. The molecule has 114 valence electrons. The monoisotopic (exact) mass is 298 g/mol. The van der Waals surface area contributed by atoms with Crippen molar-refractivity contribution in [2.75, 3.05) is 0 Å². The van der Waals surface area contributed by atoms with Crippen molar-refractivity contribution in [1.29, 1.82) is 0 Å². The first-order valence-corrected chi connectivity index (χ1v) is 6.67. The molecule has 0 bridgehead atoms. The number of para-hydroxylation sites is 1. The third kappa shape index (κ3) is 3.01. The number of nitrogens with zero attached hydrogens (tertiary/aromatic N) is 1. The fraction of sp³-hybridized carbons (Fsp3) is 0.400. The molecule has 1 heterocycles. The van der Waals surface area contributed by atoms with Crippen molar-refractivity contribution in [1.82, 2.24) is 4.98 Å². The van der Waals surface area contributed by atoms with Crippen LogP contribution in [0.15, 0.2) is 36.4 Å². The molecule has 0 spiro atoms. The predicted molar refractivity (Wildman–Crippen MR) is 74.7 cm³/mol. The number of aliphatic hydroxyl groups is 1. The molecular weight excluding hydrogens is 281 g/mol. The summed E-state index contributed by atoms with van der Waals surface area (Å²) in [6.07, 6.45) is -5.45. The van der Waals surface area contributed by atoms with Crippen LogP contribution >= 0.6 is 0 Å². The van der Waals surface area contributed by atoms with E-state index in [4.69, 9.17) is 5.73 Å². The Morgan fingerprint density at radius 3 is 2.48 bits per heavy atom. The number of nitrogens with two attached hydrogens (primary N) is 1. The first-order valence-electron chi connectivity index (χ1n) is 6.67. The molecule has 0 saturated carbocycles. The molecule has 0 amide bonds. The summed E-state index contributed by atoms with van der Waals surface area (Å²) in [5, 5.41) is 10.9. The van der Waals surface area contributed by atoms with E-state index in [2.05, 4.69) is 4.98 Å². The van der Waals surface area contributed by atoms with Crippen LogP contribution in [0.25, 0.3) is 10.9 Å². The Morgan fingerprint density at radius 2 is 1.86 bits per heavy atom. The second-order valence-electron chi connectivity index (χ2n) is 5.11. The van der Waals surface area contributed by atoms with Gasteiger partial charge in [0, 0.05) is 23.5 Å². The van der Waals surface area contributed by atoms with E-state index in [9.17, 15) is 18.3 Å². The zero-order chi connectivity index (χ0) is 15.7. The Labute approximate surface area is 120 Å². The molecule has 6 heteroatoms. The summed E-state index contributed by atoms with van der Waals surface area (Å²) in [6.45, 7) is 1.51. The molecular formula is C15H17F3N2O.